The van der Waals surface area contributed by atoms with E-state index >= 15 is 0 Å². The molecule has 0 aromatic carbocycles. The number of hydrogen-bond acceptors (Lipinski definition) is 8. The normalized spacial score (nSPS) is 22.5. The lowest BCUT2D eigenvalue weighted by atomic mass is 10.1. The molecule has 2 N–H and O–H groups in total. The summed E-state index contributed by atoms with van der Waals surface area (Å²) in [6.07, 6.45) is 6.52. The Labute approximate surface area is 213 Å². The summed E-state index contributed by atoms with van der Waals surface area (Å²) in [6.45, 7) is 8.77. The van der Waals surface area contributed by atoms with Gasteiger partial charge in [-0.1, -0.05) is 6.92 Å². The second-order valence-corrected chi connectivity index (χ2v) is 10.0. The number of nitrogens with zero attached hydrogens (tertiary/aromatic N) is 5. The maximum absolute atomic E-state index is 12.9. The van der Waals surface area contributed by atoms with Crippen LogP contribution in [0.4, 0.5) is 5.82 Å². The van der Waals surface area contributed by atoms with Crippen molar-refractivity contribution in [1.29, 1.82) is 0 Å². The van der Waals surface area contributed by atoms with E-state index in [1.54, 1.807) is 7.11 Å². The predicted molar refractivity (Wildman–Crippen MR) is 140 cm³/mol. The quantitative estimate of drug-likeness (QED) is 0.466. The van der Waals surface area contributed by atoms with Crippen molar-refractivity contribution in [1.82, 2.24) is 29.7 Å². The van der Waals surface area contributed by atoms with Crippen molar-refractivity contribution >= 4 is 22.8 Å². The first-order chi connectivity index (χ1) is 17.6. The molecule has 1 saturated heterocycles. The highest BCUT2D eigenvalue weighted by molar-refractivity contribution is 5.99. The van der Waals surface area contributed by atoms with E-state index in [0.717, 1.165) is 69.5 Å². The molecule has 3 aromatic rings. The van der Waals surface area contributed by atoms with E-state index in [0.29, 0.717) is 34.7 Å². The number of aromatic amines is 1. The Morgan fingerprint density at radius 2 is 1.94 bits per heavy atom. The summed E-state index contributed by atoms with van der Waals surface area (Å²) in [5.41, 5.74) is 2.23. The van der Waals surface area contributed by atoms with Crippen molar-refractivity contribution in [3.63, 3.8) is 0 Å². The molecule has 0 bridgehead atoms. The van der Waals surface area contributed by atoms with Crippen molar-refractivity contribution in [2.75, 3.05) is 51.7 Å². The highest BCUT2D eigenvalue weighted by Gasteiger charge is 2.44. The maximum Gasteiger partial charge on any atom is 0.228 e. The summed E-state index contributed by atoms with van der Waals surface area (Å²) in [6, 6.07) is 3.80. The van der Waals surface area contributed by atoms with Crippen LogP contribution in [0, 0.1) is 11.8 Å². The van der Waals surface area contributed by atoms with Gasteiger partial charge in [0.1, 0.15) is 29.5 Å². The number of aromatic nitrogens is 4. The summed E-state index contributed by atoms with van der Waals surface area (Å²) in [5, 5.41) is 3.91. The number of piperazine rings is 1. The second-order valence-electron chi connectivity index (χ2n) is 10.0. The Kier molecular flexibility index (Phi) is 6.22. The molecule has 4 heterocycles. The minimum Gasteiger partial charge on any atom is -0.480 e. The van der Waals surface area contributed by atoms with Crippen LogP contribution in [0.25, 0.3) is 22.2 Å². The zero-order valence-electron chi connectivity index (χ0n) is 20.9. The lowest BCUT2D eigenvalue weighted by molar-refractivity contribution is -0.117. The summed E-state index contributed by atoms with van der Waals surface area (Å²) in [7, 11) is 1.59. The molecular weight excluding hydrogens is 458 g/mol. The highest BCUT2D eigenvalue weighted by Crippen LogP contribution is 2.42. The number of fused-ring (bicyclic) bond motifs is 1. The Morgan fingerprint density at radius 3 is 2.69 bits per heavy atom. The van der Waals surface area contributed by atoms with Gasteiger partial charge in [0.15, 0.2) is 0 Å². The standard InChI is InChI=1S/C26H33N7O3.2H2/c1-3-32-8-10-33(11-9-32)14-16-12-19(16)24(34)31-21-7-6-18-20(13-27-23(18)30-21)22-25(35-2)28-15-29-26(22)36-17-4-5-17;;/h6-7,13,15-17,19H,3-5,8-12,14H2,1-2H3,(H2,27,30,31,34);2*1H/t16-,19+;;/m0../s1. The maximum atomic E-state index is 12.9. The molecule has 6 rings (SSSR count). The van der Waals surface area contributed by atoms with Gasteiger partial charge in [0.05, 0.1) is 7.11 Å². The Balaban J connectivity index is 0.00000168. The zero-order chi connectivity index (χ0) is 24.6. The van der Waals surface area contributed by atoms with E-state index in [2.05, 4.69) is 42.0 Å². The molecule has 2 saturated carbocycles. The number of H-pyrrole nitrogens is 1. The molecule has 1 amide bonds. The summed E-state index contributed by atoms with van der Waals surface area (Å²) >= 11 is 0. The molecule has 10 heteroatoms. The first-order valence-electron chi connectivity index (χ1n) is 12.9. The van der Waals surface area contributed by atoms with Gasteiger partial charge >= 0.3 is 0 Å². The van der Waals surface area contributed by atoms with Gasteiger partial charge < -0.3 is 29.6 Å². The van der Waals surface area contributed by atoms with Gasteiger partial charge in [0.2, 0.25) is 17.7 Å². The first kappa shape index (κ1) is 23.2. The third kappa shape index (κ3) is 4.75. The largest absolute Gasteiger partial charge is 0.480 e. The molecule has 3 aliphatic rings. The third-order valence-corrected chi connectivity index (χ3v) is 7.50. The van der Waals surface area contributed by atoms with Gasteiger partial charge in [-0.15, -0.1) is 0 Å². The SMILES string of the molecule is CCN1CCN(C[C@@H]2C[C@H]2C(=O)Nc2ccc3c(-c4c(OC)ncnc4OC4CC4)c[nH]c3n2)CC1.[HH].[HH]. The number of hydrogen-bond donors (Lipinski definition) is 2. The number of nitrogens with one attached hydrogen (secondary N) is 2. The van der Waals surface area contributed by atoms with E-state index in [4.69, 9.17) is 9.47 Å². The van der Waals surface area contributed by atoms with Crippen molar-refractivity contribution in [3.05, 3.63) is 24.7 Å². The summed E-state index contributed by atoms with van der Waals surface area (Å²) in [4.78, 5) is 34.4. The molecule has 2 aliphatic carbocycles. The molecule has 1 aliphatic heterocycles. The smallest absolute Gasteiger partial charge is 0.228 e. The molecule has 194 valence electrons. The predicted octanol–water partition coefficient (Wildman–Crippen LogP) is 3.27. The van der Waals surface area contributed by atoms with Crippen LogP contribution in [0.5, 0.6) is 11.8 Å². The van der Waals surface area contributed by atoms with Crippen LogP contribution in [0.3, 0.4) is 0 Å². The lowest BCUT2D eigenvalue weighted by Crippen LogP contribution is -2.46. The number of likely N-dealkylation sites (N-methyl/N-ethyl adjacent to an activating group) is 1. The number of amides is 1. The number of carbonyl (C=O) groups is 1. The number of anilines is 1. The number of ether oxygens (including phenoxy) is 2. The van der Waals surface area contributed by atoms with Gasteiger partial charge in [-0.25, -0.2) is 15.0 Å². The van der Waals surface area contributed by atoms with Gasteiger partial charge in [0, 0.05) is 58.6 Å². The van der Waals surface area contributed by atoms with Crippen LogP contribution in [0.15, 0.2) is 24.7 Å². The van der Waals surface area contributed by atoms with E-state index in [-0.39, 0.29) is 20.8 Å². The van der Waals surface area contributed by atoms with E-state index in [1.807, 2.05) is 18.3 Å². The molecular formula is C26H37N7O3. The fourth-order valence-corrected chi connectivity index (χ4v) is 5.06. The van der Waals surface area contributed by atoms with Gasteiger partial charge in [-0.2, -0.15) is 0 Å². The average Bonchev–Trinajstić information content (AvgIpc) is 3.83. The molecule has 10 nitrogen and oxygen atoms in total. The zero-order valence-corrected chi connectivity index (χ0v) is 20.9. The minimum absolute atomic E-state index is 0. The fourth-order valence-electron chi connectivity index (χ4n) is 5.06. The highest BCUT2D eigenvalue weighted by atomic mass is 16.5. The van der Waals surface area contributed by atoms with Crippen molar-refractivity contribution in [2.45, 2.75) is 32.3 Å². The fraction of sp³-hybridized carbons (Fsp3) is 0.538. The number of pyridine rings is 1. The number of carbonyl (C=O) groups excluding carboxylic acids is 1. The van der Waals surface area contributed by atoms with Crippen molar-refractivity contribution < 1.29 is 17.1 Å². The van der Waals surface area contributed by atoms with Crippen LogP contribution in [-0.2, 0) is 4.79 Å². The topological polar surface area (TPSA) is 109 Å². The third-order valence-electron chi connectivity index (χ3n) is 7.50. The van der Waals surface area contributed by atoms with Crippen molar-refractivity contribution in [2.24, 2.45) is 11.8 Å². The van der Waals surface area contributed by atoms with Crippen LogP contribution in [0.2, 0.25) is 0 Å². The molecule has 0 radical (unpaired) electrons. The Bertz CT molecular complexity index is 1260. The van der Waals surface area contributed by atoms with E-state index in [9.17, 15) is 4.79 Å². The summed E-state index contributed by atoms with van der Waals surface area (Å²) in [5.74, 6) is 2.08. The van der Waals surface area contributed by atoms with Crippen LogP contribution >= 0.6 is 0 Å². The number of methoxy groups -OCH3 is 1. The molecule has 0 unspecified atom stereocenters. The molecule has 3 aromatic heterocycles. The first-order valence-corrected chi connectivity index (χ1v) is 12.9. The molecule has 2 atom stereocenters. The Hall–Kier alpha value is -3.24. The lowest BCUT2D eigenvalue weighted by Gasteiger charge is -2.34. The van der Waals surface area contributed by atoms with E-state index < -0.39 is 0 Å². The minimum atomic E-state index is 0. The Morgan fingerprint density at radius 1 is 1.17 bits per heavy atom. The van der Waals surface area contributed by atoms with E-state index in [1.165, 1.54) is 6.33 Å². The van der Waals surface area contributed by atoms with Gasteiger partial charge in [-0.3, -0.25) is 4.79 Å². The monoisotopic (exact) mass is 495 g/mol. The number of rotatable bonds is 9. The molecule has 3 fully saturated rings. The van der Waals surface area contributed by atoms with Crippen LogP contribution in [0.1, 0.15) is 29.0 Å². The van der Waals surface area contributed by atoms with Gasteiger partial charge in [0.25, 0.3) is 0 Å². The molecule has 36 heavy (non-hydrogen) atoms. The summed E-state index contributed by atoms with van der Waals surface area (Å²) < 4.78 is 11.5. The van der Waals surface area contributed by atoms with Gasteiger partial charge in [-0.05, 0) is 43.9 Å². The molecule has 0 spiro atoms. The average molecular weight is 496 g/mol. The second kappa shape index (κ2) is 9.67. The van der Waals surface area contributed by atoms with Crippen LogP contribution < -0.4 is 14.8 Å². The van der Waals surface area contributed by atoms with Crippen LogP contribution in [-0.4, -0.2) is 88.1 Å². The van der Waals surface area contributed by atoms with Crippen molar-refractivity contribution in [3.8, 4) is 22.9 Å².